The quantitative estimate of drug-likeness (QED) is 0.173. The predicted octanol–water partition coefficient (Wildman–Crippen LogP) is 0.599. The number of carboxylic acids is 1. The van der Waals surface area contributed by atoms with Crippen molar-refractivity contribution in [2.75, 3.05) is 20.1 Å². The van der Waals surface area contributed by atoms with Crippen molar-refractivity contribution in [2.24, 2.45) is 5.92 Å². The van der Waals surface area contributed by atoms with E-state index in [0.717, 1.165) is 5.56 Å². The van der Waals surface area contributed by atoms with Gasteiger partial charge in [0.15, 0.2) is 0 Å². The predicted molar refractivity (Wildman–Crippen MR) is 149 cm³/mol. The molecule has 0 fully saturated rings. The summed E-state index contributed by atoms with van der Waals surface area (Å²) in [6, 6.07) is 6.24. The van der Waals surface area contributed by atoms with E-state index in [2.05, 4.69) is 21.3 Å². The molecule has 3 atom stereocenters. The van der Waals surface area contributed by atoms with Gasteiger partial charge in [-0.25, -0.2) is 0 Å². The average molecular weight is 562 g/mol. The van der Waals surface area contributed by atoms with E-state index in [1.54, 1.807) is 0 Å². The normalized spacial score (nSPS) is 12.9. The molecule has 12 heteroatoms. The fourth-order valence-electron chi connectivity index (χ4n) is 4.00. The first-order valence-corrected chi connectivity index (χ1v) is 13.4. The Morgan fingerprint density at radius 1 is 0.850 bits per heavy atom. The smallest absolute Gasteiger partial charge is 0.322 e. The molecule has 0 bridgehead atoms. The summed E-state index contributed by atoms with van der Waals surface area (Å²) < 4.78 is 0. The molecule has 0 aromatic heterocycles. The van der Waals surface area contributed by atoms with Gasteiger partial charge in [-0.2, -0.15) is 0 Å². The number of rotatable bonds is 17. The van der Waals surface area contributed by atoms with Gasteiger partial charge in [0.05, 0.1) is 0 Å². The van der Waals surface area contributed by atoms with Crippen LogP contribution in [0.5, 0.6) is 0 Å². The van der Waals surface area contributed by atoms with Crippen LogP contribution in [0.25, 0.3) is 0 Å². The van der Waals surface area contributed by atoms with Gasteiger partial charge in [0.1, 0.15) is 24.7 Å². The maximum Gasteiger partial charge on any atom is 0.322 e. The van der Waals surface area contributed by atoms with Crippen molar-refractivity contribution in [1.82, 2.24) is 26.2 Å². The number of amides is 5. The Morgan fingerprint density at radius 3 is 2.02 bits per heavy atom. The molecule has 0 saturated carbocycles. The van der Waals surface area contributed by atoms with E-state index >= 15 is 0 Å². The van der Waals surface area contributed by atoms with Crippen molar-refractivity contribution < 1.29 is 33.9 Å². The molecule has 5 N–H and O–H groups in total. The van der Waals surface area contributed by atoms with Crippen LogP contribution in [-0.2, 0) is 35.2 Å². The first-order valence-electron chi connectivity index (χ1n) is 13.4. The number of unbranched alkanes of at least 4 members (excludes halogenated alkanes) is 1. The van der Waals surface area contributed by atoms with Gasteiger partial charge in [-0.3, -0.25) is 28.8 Å². The zero-order chi connectivity index (χ0) is 30.2. The van der Waals surface area contributed by atoms with E-state index in [1.807, 2.05) is 44.2 Å². The summed E-state index contributed by atoms with van der Waals surface area (Å²) in [7, 11) is 1.52. The summed E-state index contributed by atoms with van der Waals surface area (Å²) in [5.74, 6) is -3.48. The Hall–Kier alpha value is -3.96. The van der Waals surface area contributed by atoms with Crippen LogP contribution in [0.3, 0.4) is 0 Å². The number of carbonyl (C=O) groups excluding carboxylic acids is 5. The van der Waals surface area contributed by atoms with Crippen LogP contribution in [0.2, 0.25) is 0 Å². The van der Waals surface area contributed by atoms with Crippen LogP contribution in [-0.4, -0.2) is 83.8 Å². The Bertz CT molecular complexity index is 1020. The van der Waals surface area contributed by atoms with Crippen LogP contribution in [0.1, 0.15) is 58.9 Å². The molecular weight excluding hydrogens is 518 g/mol. The summed E-state index contributed by atoms with van der Waals surface area (Å²) in [6.45, 7) is 6.27. The largest absolute Gasteiger partial charge is 0.480 e. The average Bonchev–Trinajstić information content (AvgIpc) is 2.88. The van der Waals surface area contributed by atoms with Crippen molar-refractivity contribution in [3.05, 3.63) is 35.9 Å². The number of nitrogens with zero attached hydrogens (tertiary/aromatic N) is 1. The number of hydrogen-bond acceptors (Lipinski definition) is 6. The summed E-state index contributed by atoms with van der Waals surface area (Å²) >= 11 is 0. The molecule has 0 aliphatic heterocycles. The Labute approximate surface area is 235 Å². The highest BCUT2D eigenvalue weighted by Crippen LogP contribution is 2.12. The summed E-state index contributed by atoms with van der Waals surface area (Å²) in [5, 5.41) is 19.3. The molecule has 12 nitrogen and oxygen atoms in total. The molecule has 0 aliphatic carbocycles. The molecule has 5 amide bonds. The van der Waals surface area contributed by atoms with E-state index in [-0.39, 0.29) is 37.0 Å². The molecule has 0 unspecified atom stereocenters. The minimum Gasteiger partial charge on any atom is -0.480 e. The number of nitrogens with one attached hydrogen (secondary N) is 4. The Morgan fingerprint density at radius 2 is 1.48 bits per heavy atom. The monoisotopic (exact) mass is 561 g/mol. The maximum absolute atomic E-state index is 13.5. The lowest BCUT2D eigenvalue weighted by molar-refractivity contribution is -0.139. The van der Waals surface area contributed by atoms with Gasteiger partial charge in [-0.1, -0.05) is 44.2 Å². The highest BCUT2D eigenvalue weighted by molar-refractivity contribution is 5.94. The number of carboxylic acid groups (broad SMARTS) is 1. The van der Waals surface area contributed by atoms with Gasteiger partial charge in [0.25, 0.3) is 0 Å². The van der Waals surface area contributed by atoms with Gasteiger partial charge >= 0.3 is 5.97 Å². The third-order valence-corrected chi connectivity index (χ3v) is 6.22. The van der Waals surface area contributed by atoms with Crippen LogP contribution in [0, 0.1) is 5.92 Å². The maximum atomic E-state index is 13.5. The lowest BCUT2D eigenvalue weighted by atomic mass is 10.0. The van der Waals surface area contributed by atoms with Gasteiger partial charge in [-0.05, 0) is 37.2 Å². The zero-order valence-electron chi connectivity index (χ0n) is 24.0. The summed E-state index contributed by atoms with van der Waals surface area (Å²) in [6.07, 6.45) is 1.72. The van der Waals surface area contributed by atoms with E-state index in [0.29, 0.717) is 19.4 Å². The fraction of sp³-hybridized carbons (Fsp3) is 0.571. The minimum atomic E-state index is -1.22. The van der Waals surface area contributed by atoms with Gasteiger partial charge < -0.3 is 31.3 Å². The fourth-order valence-corrected chi connectivity index (χ4v) is 4.00. The summed E-state index contributed by atoms with van der Waals surface area (Å²) in [5.41, 5.74) is 0.833. The van der Waals surface area contributed by atoms with E-state index in [1.165, 1.54) is 25.8 Å². The first-order chi connectivity index (χ1) is 18.8. The van der Waals surface area contributed by atoms with Crippen LogP contribution < -0.4 is 21.3 Å². The number of benzene rings is 1. The molecule has 0 spiro atoms. The molecule has 0 radical (unpaired) electrons. The third kappa shape index (κ3) is 13.2. The number of carbonyl (C=O) groups is 6. The Kier molecular flexibility index (Phi) is 15.0. The second-order valence-electron chi connectivity index (χ2n) is 10.2. The minimum absolute atomic E-state index is 0.00560. The molecule has 40 heavy (non-hydrogen) atoms. The SMILES string of the molecule is CC(=O)NCCCC[C@H](NC(=O)[C@H](Cc1ccccc1)N(C)C(C)=O)C(=O)N[C@@H](CC(C)C)C(=O)NCC(=O)O. The van der Waals surface area contributed by atoms with E-state index < -0.39 is 48.4 Å². The molecule has 0 heterocycles. The van der Waals surface area contributed by atoms with Crippen LogP contribution >= 0.6 is 0 Å². The first kappa shape index (κ1) is 34.1. The van der Waals surface area contributed by atoms with Crippen molar-refractivity contribution in [3.8, 4) is 0 Å². The molecule has 1 aromatic carbocycles. The number of aliphatic carboxylic acids is 1. The van der Waals surface area contributed by atoms with Crippen LogP contribution in [0.4, 0.5) is 0 Å². The second kappa shape index (κ2) is 17.6. The second-order valence-corrected chi connectivity index (χ2v) is 10.2. The lowest BCUT2D eigenvalue weighted by Gasteiger charge is -2.29. The molecule has 0 saturated heterocycles. The van der Waals surface area contributed by atoms with Crippen molar-refractivity contribution in [2.45, 2.75) is 77.9 Å². The number of likely N-dealkylation sites (N-methyl/N-ethyl adjacent to an activating group) is 1. The molecule has 222 valence electrons. The number of hydrogen-bond donors (Lipinski definition) is 5. The van der Waals surface area contributed by atoms with Crippen LogP contribution in [0.15, 0.2) is 30.3 Å². The highest BCUT2D eigenvalue weighted by atomic mass is 16.4. The summed E-state index contributed by atoms with van der Waals surface area (Å²) in [4.78, 5) is 75.1. The highest BCUT2D eigenvalue weighted by Gasteiger charge is 2.31. The molecular formula is C28H43N5O7. The lowest BCUT2D eigenvalue weighted by Crippen LogP contribution is -2.57. The molecule has 1 aromatic rings. The topological polar surface area (TPSA) is 174 Å². The van der Waals surface area contributed by atoms with Crippen molar-refractivity contribution >= 4 is 35.5 Å². The van der Waals surface area contributed by atoms with Gasteiger partial charge in [0.2, 0.25) is 29.5 Å². The van der Waals surface area contributed by atoms with Crippen molar-refractivity contribution in [1.29, 1.82) is 0 Å². The van der Waals surface area contributed by atoms with E-state index in [9.17, 15) is 28.8 Å². The Balaban J connectivity index is 3.14. The molecule has 1 rings (SSSR count). The van der Waals surface area contributed by atoms with Crippen molar-refractivity contribution in [3.63, 3.8) is 0 Å². The standard InChI is InChI=1S/C28H43N5O7/c1-18(2)15-23(26(38)30-17-25(36)37)32-27(39)22(13-9-10-14-29-19(3)34)31-28(40)24(33(5)20(4)35)16-21-11-7-6-8-12-21/h6-8,11-12,18,22-24H,9-10,13-17H2,1-5H3,(H,29,34)(H,30,38)(H,31,40)(H,32,39)(H,36,37)/t22-,23-,24-/m0/s1. The van der Waals surface area contributed by atoms with Gasteiger partial charge in [0, 0.05) is 33.9 Å². The zero-order valence-corrected chi connectivity index (χ0v) is 24.0. The third-order valence-electron chi connectivity index (χ3n) is 6.22. The molecule has 0 aliphatic rings. The van der Waals surface area contributed by atoms with Gasteiger partial charge in [-0.15, -0.1) is 0 Å². The van der Waals surface area contributed by atoms with E-state index in [4.69, 9.17) is 5.11 Å².